The van der Waals surface area contributed by atoms with E-state index < -0.39 is 0 Å². The number of fused-ring (bicyclic) bond motifs is 1. The molecule has 1 aliphatic rings. The third-order valence-electron chi connectivity index (χ3n) is 4.06. The fourth-order valence-electron chi connectivity index (χ4n) is 2.91. The lowest BCUT2D eigenvalue weighted by Crippen LogP contribution is -2.30. The van der Waals surface area contributed by atoms with E-state index in [1.165, 1.54) is 11.1 Å². The van der Waals surface area contributed by atoms with Crippen LogP contribution in [0.5, 0.6) is 0 Å². The first-order valence-electron chi connectivity index (χ1n) is 6.88. The number of carbonyl (C=O) groups excluding carboxylic acids is 1. The largest absolute Gasteiger partial charge is 0.335 e. The van der Waals surface area contributed by atoms with E-state index in [0.717, 1.165) is 16.4 Å². The fraction of sp³-hybridized carbons (Fsp3) is 0.235. The van der Waals surface area contributed by atoms with Gasteiger partial charge in [-0.25, -0.2) is 0 Å². The molecule has 0 saturated carbocycles. The van der Waals surface area contributed by atoms with Crippen molar-refractivity contribution in [1.29, 1.82) is 0 Å². The van der Waals surface area contributed by atoms with Gasteiger partial charge in [0.1, 0.15) is 0 Å². The molecular formula is C17H15ClINO. The Morgan fingerprint density at radius 1 is 1.29 bits per heavy atom. The molecule has 0 fully saturated rings. The Labute approximate surface area is 143 Å². The summed E-state index contributed by atoms with van der Waals surface area (Å²) in [7, 11) is 1.88. The number of halogens is 2. The van der Waals surface area contributed by atoms with Crippen LogP contribution in [0, 0.1) is 3.57 Å². The zero-order valence-electron chi connectivity index (χ0n) is 11.6. The average Bonchev–Trinajstić information content (AvgIpc) is 2.92. The Kier molecular flexibility index (Phi) is 4.22. The van der Waals surface area contributed by atoms with Crippen molar-refractivity contribution in [3.05, 3.63) is 67.7 Å². The summed E-state index contributed by atoms with van der Waals surface area (Å²) in [6.07, 6.45) is 2.02. The van der Waals surface area contributed by atoms with Gasteiger partial charge in [0.15, 0.2) is 0 Å². The summed E-state index contributed by atoms with van der Waals surface area (Å²) in [6.45, 7) is 0. The molecular weight excluding hydrogens is 397 g/mol. The van der Waals surface area contributed by atoms with Crippen LogP contribution in [-0.2, 0) is 6.42 Å². The highest BCUT2D eigenvalue weighted by Gasteiger charge is 2.28. The molecule has 2 nitrogen and oxygen atoms in total. The van der Waals surface area contributed by atoms with Gasteiger partial charge in [0, 0.05) is 16.2 Å². The zero-order valence-corrected chi connectivity index (χ0v) is 14.6. The van der Waals surface area contributed by atoms with Crippen molar-refractivity contribution < 1.29 is 4.79 Å². The third-order valence-corrected chi connectivity index (χ3v) is 5.63. The van der Waals surface area contributed by atoms with Gasteiger partial charge < -0.3 is 4.90 Å². The quantitative estimate of drug-likeness (QED) is 0.656. The normalized spacial score (nSPS) is 16.6. The Bertz CT molecular complexity index is 701. The number of aryl methyl sites for hydroxylation is 1. The second-order valence-electron chi connectivity index (χ2n) is 5.30. The second kappa shape index (κ2) is 5.97. The lowest BCUT2D eigenvalue weighted by molar-refractivity contribution is 0.0730. The van der Waals surface area contributed by atoms with Crippen molar-refractivity contribution in [3.63, 3.8) is 0 Å². The highest BCUT2D eigenvalue weighted by molar-refractivity contribution is 14.1. The molecule has 1 amide bonds. The Hall–Kier alpha value is -1.07. The van der Waals surface area contributed by atoms with Gasteiger partial charge in [0.05, 0.1) is 11.1 Å². The van der Waals surface area contributed by atoms with Crippen LogP contribution in [0.15, 0.2) is 42.5 Å². The number of hydrogen-bond acceptors (Lipinski definition) is 1. The van der Waals surface area contributed by atoms with Gasteiger partial charge >= 0.3 is 0 Å². The molecule has 0 aromatic heterocycles. The molecule has 0 radical (unpaired) electrons. The molecule has 108 valence electrons. The average molecular weight is 412 g/mol. The summed E-state index contributed by atoms with van der Waals surface area (Å²) >= 11 is 8.29. The Morgan fingerprint density at radius 3 is 2.81 bits per heavy atom. The predicted molar refractivity (Wildman–Crippen MR) is 93.8 cm³/mol. The Balaban J connectivity index is 1.87. The van der Waals surface area contributed by atoms with E-state index in [0.29, 0.717) is 10.6 Å². The maximum atomic E-state index is 12.7. The molecule has 21 heavy (non-hydrogen) atoms. The lowest BCUT2D eigenvalue weighted by Gasteiger charge is -2.25. The topological polar surface area (TPSA) is 20.3 Å². The van der Waals surface area contributed by atoms with Crippen LogP contribution in [0.25, 0.3) is 0 Å². The molecule has 0 aliphatic heterocycles. The maximum absolute atomic E-state index is 12.7. The summed E-state index contributed by atoms with van der Waals surface area (Å²) in [4.78, 5) is 14.5. The van der Waals surface area contributed by atoms with Crippen LogP contribution in [-0.4, -0.2) is 17.9 Å². The smallest absolute Gasteiger partial charge is 0.254 e. The molecule has 4 heteroatoms. The number of carbonyl (C=O) groups is 1. The SMILES string of the molecule is CN(C(=O)c1ccc(I)c(Cl)c1)C1CCc2ccccc21. The molecule has 1 aliphatic carbocycles. The molecule has 2 aromatic rings. The van der Waals surface area contributed by atoms with Crippen LogP contribution in [0.4, 0.5) is 0 Å². The lowest BCUT2D eigenvalue weighted by atomic mass is 10.1. The molecule has 0 bridgehead atoms. The van der Waals surface area contributed by atoms with Crippen molar-refractivity contribution in [1.82, 2.24) is 4.90 Å². The number of rotatable bonds is 2. The summed E-state index contributed by atoms with van der Waals surface area (Å²) < 4.78 is 0.958. The minimum Gasteiger partial charge on any atom is -0.335 e. The van der Waals surface area contributed by atoms with E-state index in [9.17, 15) is 4.79 Å². The van der Waals surface area contributed by atoms with Crippen LogP contribution in [0.2, 0.25) is 5.02 Å². The summed E-state index contributed by atoms with van der Waals surface area (Å²) in [5, 5.41) is 0.627. The number of benzene rings is 2. The number of hydrogen-bond donors (Lipinski definition) is 0. The minimum atomic E-state index is 0.0232. The number of nitrogens with zero attached hydrogens (tertiary/aromatic N) is 1. The van der Waals surface area contributed by atoms with Crippen molar-refractivity contribution in [2.75, 3.05) is 7.05 Å². The van der Waals surface area contributed by atoms with Gasteiger partial charge in [-0.2, -0.15) is 0 Å². The van der Waals surface area contributed by atoms with E-state index >= 15 is 0 Å². The Morgan fingerprint density at radius 2 is 2.05 bits per heavy atom. The summed E-state index contributed by atoms with van der Waals surface area (Å²) in [5.74, 6) is 0.0232. The van der Waals surface area contributed by atoms with E-state index in [2.05, 4.69) is 40.8 Å². The highest BCUT2D eigenvalue weighted by atomic mass is 127. The van der Waals surface area contributed by atoms with E-state index in [-0.39, 0.29) is 11.9 Å². The number of amides is 1. The van der Waals surface area contributed by atoms with E-state index in [4.69, 9.17) is 11.6 Å². The molecule has 0 N–H and O–H groups in total. The predicted octanol–water partition coefficient (Wildman–Crippen LogP) is 4.70. The monoisotopic (exact) mass is 411 g/mol. The van der Waals surface area contributed by atoms with Crippen LogP contribution >= 0.6 is 34.2 Å². The van der Waals surface area contributed by atoms with Gasteiger partial charge in [-0.15, -0.1) is 0 Å². The van der Waals surface area contributed by atoms with Gasteiger partial charge in [-0.1, -0.05) is 35.9 Å². The fourth-order valence-corrected chi connectivity index (χ4v) is 3.43. The third kappa shape index (κ3) is 2.81. The minimum absolute atomic E-state index is 0.0232. The van der Waals surface area contributed by atoms with Gasteiger partial charge in [0.25, 0.3) is 5.91 Å². The molecule has 1 unspecified atom stereocenters. The summed E-state index contributed by atoms with van der Waals surface area (Å²) in [6, 6.07) is 14.0. The maximum Gasteiger partial charge on any atom is 0.254 e. The van der Waals surface area contributed by atoms with Crippen molar-refractivity contribution in [2.45, 2.75) is 18.9 Å². The van der Waals surface area contributed by atoms with Crippen LogP contribution in [0.1, 0.15) is 33.9 Å². The first-order valence-corrected chi connectivity index (χ1v) is 8.33. The van der Waals surface area contributed by atoms with Crippen molar-refractivity contribution >= 4 is 40.1 Å². The van der Waals surface area contributed by atoms with Gasteiger partial charge in [-0.3, -0.25) is 4.79 Å². The summed E-state index contributed by atoms with van der Waals surface area (Å²) in [5.41, 5.74) is 3.26. The molecule has 0 spiro atoms. The molecule has 2 aromatic carbocycles. The molecule has 1 atom stereocenters. The van der Waals surface area contributed by atoms with Crippen LogP contribution < -0.4 is 0 Å². The van der Waals surface area contributed by atoms with E-state index in [1.807, 2.05) is 30.1 Å². The standard InChI is InChI=1S/C17H15ClINO/c1-20(16-9-7-11-4-2-3-5-13(11)16)17(21)12-6-8-15(19)14(18)10-12/h2-6,8,10,16H,7,9H2,1H3. The van der Waals surface area contributed by atoms with Gasteiger partial charge in [0.2, 0.25) is 0 Å². The van der Waals surface area contributed by atoms with Crippen LogP contribution in [0.3, 0.4) is 0 Å². The molecule has 0 heterocycles. The molecule has 3 rings (SSSR count). The second-order valence-corrected chi connectivity index (χ2v) is 6.87. The van der Waals surface area contributed by atoms with Crippen molar-refractivity contribution in [3.8, 4) is 0 Å². The zero-order chi connectivity index (χ0) is 15.0. The highest BCUT2D eigenvalue weighted by Crippen LogP contribution is 2.35. The van der Waals surface area contributed by atoms with Gasteiger partial charge in [-0.05, 0) is 64.8 Å². The first kappa shape index (κ1) is 14.9. The first-order chi connectivity index (χ1) is 10.1. The molecule has 0 saturated heterocycles. The van der Waals surface area contributed by atoms with Crippen molar-refractivity contribution in [2.24, 2.45) is 0 Å². The van der Waals surface area contributed by atoms with E-state index in [1.54, 1.807) is 6.07 Å².